The third-order valence-electron chi connectivity index (χ3n) is 4.62. The molecular weight excluding hydrogens is 422 g/mol. The molecule has 4 rings (SSSR count). The van der Waals surface area contributed by atoms with Gasteiger partial charge in [-0.25, -0.2) is 4.98 Å². The number of carbonyl (C=O) groups is 1. The molecule has 0 spiro atoms. The highest BCUT2D eigenvalue weighted by molar-refractivity contribution is 7.99. The highest BCUT2D eigenvalue weighted by Crippen LogP contribution is 2.26. The summed E-state index contributed by atoms with van der Waals surface area (Å²) in [4.78, 5) is 30.6. The molecule has 1 N–H and O–H groups in total. The molecule has 0 aliphatic carbocycles. The minimum Gasteiger partial charge on any atom is -0.489 e. The molecule has 0 bridgehead atoms. The van der Waals surface area contributed by atoms with Crippen LogP contribution in [0.15, 0.2) is 88.8 Å². The van der Waals surface area contributed by atoms with Crippen molar-refractivity contribution in [3.63, 3.8) is 0 Å². The van der Waals surface area contributed by atoms with Gasteiger partial charge in [-0.15, -0.1) is 0 Å². The van der Waals surface area contributed by atoms with E-state index in [1.54, 1.807) is 22.8 Å². The molecule has 0 aliphatic heterocycles. The standard InChI is InChI=1S/C25H23N3O3S/c1-17(2)31-22-15-9-8-14-21(22)26-23(29)16-32-25-27-20-13-7-6-12-19(20)24(30)28(25)18-10-4-3-5-11-18/h3-15,17H,16H2,1-2H3,(H,26,29). The first-order valence-electron chi connectivity index (χ1n) is 10.3. The first-order valence-corrected chi connectivity index (χ1v) is 11.3. The summed E-state index contributed by atoms with van der Waals surface area (Å²) in [5.41, 5.74) is 1.75. The van der Waals surface area contributed by atoms with E-state index in [1.807, 2.05) is 74.5 Å². The molecule has 0 fully saturated rings. The second-order valence-electron chi connectivity index (χ2n) is 7.39. The van der Waals surface area contributed by atoms with Gasteiger partial charge in [-0.2, -0.15) is 0 Å². The zero-order chi connectivity index (χ0) is 22.5. The molecular formula is C25H23N3O3S. The molecule has 1 aromatic heterocycles. The summed E-state index contributed by atoms with van der Waals surface area (Å²) >= 11 is 1.22. The fraction of sp³-hybridized carbons (Fsp3) is 0.160. The number of hydrogen-bond acceptors (Lipinski definition) is 5. The van der Waals surface area contributed by atoms with E-state index >= 15 is 0 Å². The Morgan fingerprint density at radius 2 is 1.69 bits per heavy atom. The predicted octanol–water partition coefficient (Wildman–Crippen LogP) is 4.90. The molecule has 1 heterocycles. The van der Waals surface area contributed by atoms with E-state index in [0.29, 0.717) is 33.2 Å². The summed E-state index contributed by atoms with van der Waals surface area (Å²) in [6, 6.07) is 23.9. The fourth-order valence-electron chi connectivity index (χ4n) is 3.26. The van der Waals surface area contributed by atoms with Crippen LogP contribution in [0.4, 0.5) is 5.69 Å². The lowest BCUT2D eigenvalue weighted by atomic mass is 10.2. The van der Waals surface area contributed by atoms with Crippen LogP contribution in [-0.2, 0) is 4.79 Å². The summed E-state index contributed by atoms with van der Waals surface area (Å²) in [7, 11) is 0. The number of benzene rings is 3. The molecule has 0 atom stereocenters. The minimum atomic E-state index is -0.211. The number of fused-ring (bicyclic) bond motifs is 1. The van der Waals surface area contributed by atoms with Crippen molar-refractivity contribution in [1.29, 1.82) is 0 Å². The lowest BCUT2D eigenvalue weighted by molar-refractivity contribution is -0.113. The summed E-state index contributed by atoms with van der Waals surface area (Å²) in [5.74, 6) is 0.496. The van der Waals surface area contributed by atoms with Crippen LogP contribution in [0.2, 0.25) is 0 Å². The van der Waals surface area contributed by atoms with Crippen LogP contribution in [-0.4, -0.2) is 27.3 Å². The van der Waals surface area contributed by atoms with E-state index < -0.39 is 0 Å². The average Bonchev–Trinajstić information content (AvgIpc) is 2.79. The zero-order valence-corrected chi connectivity index (χ0v) is 18.6. The van der Waals surface area contributed by atoms with Crippen molar-refractivity contribution in [1.82, 2.24) is 9.55 Å². The van der Waals surface area contributed by atoms with Crippen molar-refractivity contribution in [3.05, 3.63) is 89.2 Å². The lowest BCUT2D eigenvalue weighted by Crippen LogP contribution is -2.23. The van der Waals surface area contributed by atoms with E-state index in [0.717, 1.165) is 0 Å². The second kappa shape index (κ2) is 9.70. The maximum Gasteiger partial charge on any atom is 0.266 e. The van der Waals surface area contributed by atoms with Gasteiger partial charge in [0.2, 0.25) is 5.91 Å². The lowest BCUT2D eigenvalue weighted by Gasteiger charge is -2.15. The Bertz CT molecular complexity index is 1300. The zero-order valence-electron chi connectivity index (χ0n) is 17.8. The van der Waals surface area contributed by atoms with Crippen molar-refractivity contribution < 1.29 is 9.53 Å². The number of rotatable bonds is 7. The van der Waals surface area contributed by atoms with E-state index in [-0.39, 0.29) is 23.3 Å². The van der Waals surface area contributed by atoms with E-state index in [9.17, 15) is 9.59 Å². The van der Waals surface area contributed by atoms with E-state index in [4.69, 9.17) is 4.74 Å². The van der Waals surface area contributed by atoms with Gasteiger partial charge < -0.3 is 10.1 Å². The first-order chi connectivity index (χ1) is 15.5. The van der Waals surface area contributed by atoms with Crippen LogP contribution in [0, 0.1) is 0 Å². The van der Waals surface area contributed by atoms with Crippen molar-refractivity contribution in [3.8, 4) is 11.4 Å². The summed E-state index contributed by atoms with van der Waals surface area (Å²) in [6.07, 6.45) is -0.00969. The molecule has 0 saturated heterocycles. The molecule has 3 aromatic carbocycles. The number of para-hydroxylation sites is 4. The Hall–Kier alpha value is -3.58. The summed E-state index contributed by atoms with van der Waals surface area (Å²) in [6.45, 7) is 3.87. The minimum absolute atomic E-state index is 0.00969. The molecule has 0 unspecified atom stereocenters. The fourth-order valence-corrected chi connectivity index (χ4v) is 4.07. The number of carbonyl (C=O) groups excluding carboxylic acids is 1. The number of nitrogens with zero attached hydrogens (tertiary/aromatic N) is 2. The van der Waals surface area contributed by atoms with Crippen LogP contribution in [0.3, 0.4) is 0 Å². The normalized spacial score (nSPS) is 11.0. The van der Waals surface area contributed by atoms with E-state index in [1.165, 1.54) is 11.8 Å². The van der Waals surface area contributed by atoms with Crippen LogP contribution in [0.25, 0.3) is 16.6 Å². The molecule has 32 heavy (non-hydrogen) atoms. The number of anilines is 1. The van der Waals surface area contributed by atoms with Crippen molar-refractivity contribution in [2.45, 2.75) is 25.1 Å². The molecule has 4 aromatic rings. The molecule has 7 heteroatoms. The van der Waals surface area contributed by atoms with Crippen LogP contribution in [0.1, 0.15) is 13.8 Å². The SMILES string of the molecule is CC(C)Oc1ccccc1NC(=O)CSc1nc2ccccc2c(=O)n1-c1ccccc1. The van der Waals surface area contributed by atoms with Crippen molar-refractivity contribution in [2.24, 2.45) is 0 Å². The molecule has 0 radical (unpaired) electrons. The molecule has 162 valence electrons. The first kappa shape index (κ1) is 21.6. The molecule has 0 aliphatic rings. The largest absolute Gasteiger partial charge is 0.489 e. The number of hydrogen-bond donors (Lipinski definition) is 1. The van der Waals surface area contributed by atoms with Crippen LogP contribution >= 0.6 is 11.8 Å². The quantitative estimate of drug-likeness (QED) is 0.323. The second-order valence-corrected chi connectivity index (χ2v) is 8.33. The topological polar surface area (TPSA) is 73.2 Å². The molecule has 0 saturated carbocycles. The van der Waals surface area contributed by atoms with Gasteiger partial charge in [0.1, 0.15) is 5.75 Å². The summed E-state index contributed by atoms with van der Waals surface area (Å²) in [5, 5.41) is 3.89. The van der Waals surface area contributed by atoms with Crippen molar-refractivity contribution in [2.75, 3.05) is 11.1 Å². The van der Waals surface area contributed by atoms with Gasteiger partial charge in [0.05, 0.1) is 34.1 Å². The Labute approximate surface area is 190 Å². The molecule has 6 nitrogen and oxygen atoms in total. The van der Waals surface area contributed by atoms with Gasteiger partial charge in [-0.1, -0.05) is 54.2 Å². The number of nitrogens with one attached hydrogen (secondary N) is 1. The number of thioether (sulfide) groups is 1. The average molecular weight is 446 g/mol. The Morgan fingerprint density at radius 3 is 2.47 bits per heavy atom. The van der Waals surface area contributed by atoms with Crippen LogP contribution < -0.4 is 15.6 Å². The predicted molar refractivity (Wildman–Crippen MR) is 129 cm³/mol. The Balaban J connectivity index is 1.61. The maximum atomic E-state index is 13.2. The van der Waals surface area contributed by atoms with E-state index in [2.05, 4.69) is 10.3 Å². The van der Waals surface area contributed by atoms with Gasteiger partial charge in [0, 0.05) is 0 Å². The van der Waals surface area contributed by atoms with Crippen LogP contribution in [0.5, 0.6) is 5.75 Å². The highest BCUT2D eigenvalue weighted by atomic mass is 32.2. The van der Waals surface area contributed by atoms with Gasteiger partial charge in [0.15, 0.2) is 5.16 Å². The Kier molecular flexibility index (Phi) is 6.56. The summed E-state index contributed by atoms with van der Waals surface area (Å²) < 4.78 is 7.32. The maximum absolute atomic E-state index is 13.2. The van der Waals surface area contributed by atoms with Gasteiger partial charge in [0.25, 0.3) is 5.56 Å². The molecule has 1 amide bonds. The van der Waals surface area contributed by atoms with Gasteiger partial charge in [-0.3, -0.25) is 14.2 Å². The van der Waals surface area contributed by atoms with Gasteiger partial charge in [-0.05, 0) is 50.2 Å². The number of amides is 1. The third kappa shape index (κ3) is 4.84. The number of ether oxygens (including phenoxy) is 1. The third-order valence-corrected chi connectivity index (χ3v) is 5.55. The van der Waals surface area contributed by atoms with Crippen molar-refractivity contribution >= 4 is 34.3 Å². The Morgan fingerprint density at radius 1 is 1.00 bits per heavy atom. The highest BCUT2D eigenvalue weighted by Gasteiger charge is 2.15. The number of aromatic nitrogens is 2. The smallest absolute Gasteiger partial charge is 0.266 e. The monoisotopic (exact) mass is 445 g/mol. The van der Waals surface area contributed by atoms with Gasteiger partial charge >= 0.3 is 0 Å².